The Morgan fingerprint density at radius 1 is 1.31 bits per heavy atom. The first-order chi connectivity index (χ1) is 7.22. The van der Waals surface area contributed by atoms with Crippen LogP contribution in [0.4, 0.5) is 0 Å². The molecular formula is C13H18NaO2. The fraction of sp³-hybridized carbons (Fsp3) is 0.462. The van der Waals surface area contributed by atoms with E-state index in [1.165, 1.54) is 31.7 Å². The average Bonchev–Trinajstić information content (AvgIpc) is 2.18. The summed E-state index contributed by atoms with van der Waals surface area (Å²) in [7, 11) is 0. The Labute approximate surface area is 120 Å². The minimum Gasteiger partial charge on any atom is -0.427 e. The molecule has 0 amide bonds. The van der Waals surface area contributed by atoms with Gasteiger partial charge >= 0.3 is 5.97 Å². The van der Waals surface area contributed by atoms with Crippen LogP contribution >= 0.6 is 0 Å². The van der Waals surface area contributed by atoms with Gasteiger partial charge in [-0.25, -0.2) is 0 Å². The second-order valence-corrected chi connectivity index (χ2v) is 3.70. The summed E-state index contributed by atoms with van der Waals surface area (Å²) in [4.78, 5) is 10.8. The van der Waals surface area contributed by atoms with Crippen molar-refractivity contribution in [1.82, 2.24) is 0 Å². The van der Waals surface area contributed by atoms with Gasteiger partial charge in [0.25, 0.3) is 0 Å². The van der Waals surface area contributed by atoms with Crippen molar-refractivity contribution >= 4 is 35.5 Å². The SMILES string of the molecule is CCCCCc1cccc(OC(C)=O)c1.[Na]. The molecule has 0 aliphatic rings. The molecule has 1 rings (SSSR count). The molecule has 0 aliphatic heterocycles. The van der Waals surface area contributed by atoms with E-state index in [1.54, 1.807) is 0 Å². The number of ether oxygens (including phenoxy) is 1. The molecule has 0 fully saturated rings. The molecule has 1 radical (unpaired) electrons. The minimum absolute atomic E-state index is 0. The van der Waals surface area contributed by atoms with Crippen molar-refractivity contribution in [3.63, 3.8) is 0 Å². The largest absolute Gasteiger partial charge is 0.427 e. The van der Waals surface area contributed by atoms with E-state index < -0.39 is 0 Å². The third-order valence-electron chi connectivity index (χ3n) is 2.23. The summed E-state index contributed by atoms with van der Waals surface area (Å²) in [5.74, 6) is 0.386. The van der Waals surface area contributed by atoms with Gasteiger partial charge in [0, 0.05) is 36.5 Å². The molecule has 83 valence electrons. The molecule has 0 aliphatic carbocycles. The molecule has 0 spiro atoms. The molecule has 3 heteroatoms. The molecule has 0 aromatic heterocycles. The van der Waals surface area contributed by atoms with Crippen molar-refractivity contribution in [3.8, 4) is 5.75 Å². The Kier molecular flexibility index (Phi) is 8.63. The number of unbranched alkanes of at least 4 members (excludes halogenated alkanes) is 2. The maximum atomic E-state index is 10.8. The van der Waals surface area contributed by atoms with Gasteiger partial charge in [0.15, 0.2) is 0 Å². The van der Waals surface area contributed by atoms with Gasteiger partial charge < -0.3 is 4.74 Å². The first-order valence-corrected chi connectivity index (χ1v) is 5.49. The Morgan fingerprint density at radius 2 is 2.06 bits per heavy atom. The van der Waals surface area contributed by atoms with Gasteiger partial charge in [-0.15, -0.1) is 0 Å². The van der Waals surface area contributed by atoms with Gasteiger partial charge in [-0.2, -0.15) is 0 Å². The molecule has 0 heterocycles. The van der Waals surface area contributed by atoms with E-state index in [0.717, 1.165) is 6.42 Å². The van der Waals surface area contributed by atoms with Gasteiger partial charge in [0.2, 0.25) is 0 Å². The number of esters is 1. The van der Waals surface area contributed by atoms with Crippen molar-refractivity contribution < 1.29 is 9.53 Å². The molecule has 16 heavy (non-hydrogen) atoms. The smallest absolute Gasteiger partial charge is 0.308 e. The fourth-order valence-electron chi connectivity index (χ4n) is 1.51. The third kappa shape index (κ3) is 6.31. The number of hydrogen-bond acceptors (Lipinski definition) is 2. The van der Waals surface area contributed by atoms with E-state index in [0.29, 0.717) is 5.75 Å². The molecule has 1 aromatic carbocycles. The quantitative estimate of drug-likeness (QED) is 0.336. The topological polar surface area (TPSA) is 26.3 Å². The standard InChI is InChI=1S/C13H18O2.Na/c1-3-4-5-7-12-8-6-9-13(10-12)15-11(2)14;/h6,8-10H,3-5,7H2,1-2H3;. The number of carbonyl (C=O) groups is 1. The van der Waals surface area contributed by atoms with Crippen LogP contribution in [-0.2, 0) is 11.2 Å². The van der Waals surface area contributed by atoms with E-state index in [1.807, 2.05) is 18.2 Å². The molecular weight excluding hydrogens is 211 g/mol. The zero-order valence-electron chi connectivity index (χ0n) is 10.5. The molecule has 0 saturated heterocycles. The first kappa shape index (κ1) is 15.7. The summed E-state index contributed by atoms with van der Waals surface area (Å²) in [5.41, 5.74) is 1.24. The molecule has 1 aromatic rings. The van der Waals surface area contributed by atoms with E-state index in [2.05, 4.69) is 13.0 Å². The monoisotopic (exact) mass is 229 g/mol. The molecule has 0 unspecified atom stereocenters. The van der Waals surface area contributed by atoms with Crippen LogP contribution in [0.3, 0.4) is 0 Å². The van der Waals surface area contributed by atoms with Crippen LogP contribution in [0.1, 0.15) is 38.7 Å². The van der Waals surface area contributed by atoms with Crippen LogP contribution in [0.25, 0.3) is 0 Å². The Hall–Kier alpha value is -0.310. The van der Waals surface area contributed by atoms with Crippen molar-refractivity contribution in [2.75, 3.05) is 0 Å². The number of aryl methyl sites for hydroxylation is 1. The van der Waals surface area contributed by atoms with Crippen molar-refractivity contribution in [1.29, 1.82) is 0 Å². The number of carbonyl (C=O) groups excluding carboxylic acids is 1. The molecule has 0 saturated carbocycles. The summed E-state index contributed by atoms with van der Waals surface area (Å²) >= 11 is 0. The predicted molar refractivity (Wildman–Crippen MR) is 66.7 cm³/mol. The van der Waals surface area contributed by atoms with Gasteiger partial charge in [0.05, 0.1) is 0 Å². The number of benzene rings is 1. The van der Waals surface area contributed by atoms with Crippen LogP contribution < -0.4 is 4.74 Å². The summed E-state index contributed by atoms with van der Waals surface area (Å²) in [6.07, 6.45) is 4.73. The molecule has 0 N–H and O–H groups in total. The zero-order chi connectivity index (χ0) is 11.1. The van der Waals surface area contributed by atoms with E-state index in [-0.39, 0.29) is 35.5 Å². The predicted octanol–water partition coefficient (Wildman–Crippen LogP) is 2.96. The van der Waals surface area contributed by atoms with Crippen LogP contribution in [0.15, 0.2) is 24.3 Å². The van der Waals surface area contributed by atoms with Crippen molar-refractivity contribution in [2.24, 2.45) is 0 Å². The Bertz CT molecular complexity index is 323. The Balaban J connectivity index is 0.00000225. The van der Waals surface area contributed by atoms with Crippen LogP contribution in [0.5, 0.6) is 5.75 Å². The molecule has 0 bridgehead atoms. The van der Waals surface area contributed by atoms with Crippen LogP contribution in [-0.4, -0.2) is 35.5 Å². The van der Waals surface area contributed by atoms with Crippen molar-refractivity contribution in [2.45, 2.75) is 39.5 Å². The third-order valence-corrected chi connectivity index (χ3v) is 2.23. The second-order valence-electron chi connectivity index (χ2n) is 3.70. The Morgan fingerprint density at radius 3 is 2.69 bits per heavy atom. The minimum atomic E-state index is -0.263. The van der Waals surface area contributed by atoms with Crippen LogP contribution in [0, 0.1) is 0 Å². The van der Waals surface area contributed by atoms with Gasteiger partial charge in [0.1, 0.15) is 5.75 Å². The average molecular weight is 229 g/mol. The van der Waals surface area contributed by atoms with E-state index in [9.17, 15) is 4.79 Å². The molecule has 0 atom stereocenters. The van der Waals surface area contributed by atoms with Crippen molar-refractivity contribution in [3.05, 3.63) is 29.8 Å². The maximum absolute atomic E-state index is 10.8. The maximum Gasteiger partial charge on any atom is 0.308 e. The summed E-state index contributed by atoms with van der Waals surface area (Å²) in [6, 6.07) is 7.75. The van der Waals surface area contributed by atoms with Gasteiger partial charge in [-0.05, 0) is 30.5 Å². The normalized spacial score (nSPS) is 9.38. The summed E-state index contributed by atoms with van der Waals surface area (Å²) in [5, 5.41) is 0. The molecule has 2 nitrogen and oxygen atoms in total. The first-order valence-electron chi connectivity index (χ1n) is 5.49. The number of hydrogen-bond donors (Lipinski definition) is 0. The summed E-state index contributed by atoms with van der Waals surface area (Å²) in [6.45, 7) is 3.61. The second kappa shape index (κ2) is 8.80. The number of rotatable bonds is 5. The van der Waals surface area contributed by atoms with Gasteiger partial charge in [-0.3, -0.25) is 4.79 Å². The fourth-order valence-corrected chi connectivity index (χ4v) is 1.51. The van der Waals surface area contributed by atoms with E-state index in [4.69, 9.17) is 4.74 Å². The van der Waals surface area contributed by atoms with Gasteiger partial charge in [-0.1, -0.05) is 31.9 Å². The summed E-state index contributed by atoms with van der Waals surface area (Å²) < 4.78 is 5.02. The zero-order valence-corrected chi connectivity index (χ0v) is 12.5. The van der Waals surface area contributed by atoms with E-state index >= 15 is 0 Å². The van der Waals surface area contributed by atoms with Crippen LogP contribution in [0.2, 0.25) is 0 Å².